The third-order valence-corrected chi connectivity index (χ3v) is 3.00. The lowest BCUT2D eigenvalue weighted by Gasteiger charge is -2.30. The van der Waals surface area contributed by atoms with Gasteiger partial charge < -0.3 is 9.64 Å². The zero-order valence-corrected chi connectivity index (χ0v) is 9.88. The number of rotatable bonds is 1. The van der Waals surface area contributed by atoms with Crippen LogP contribution in [-0.4, -0.2) is 26.3 Å². The smallest absolute Gasteiger partial charge is 0.0642 e. The zero-order chi connectivity index (χ0) is 9.97. The van der Waals surface area contributed by atoms with Crippen LogP contribution in [-0.2, 0) is 4.74 Å². The van der Waals surface area contributed by atoms with Crippen LogP contribution in [0.5, 0.6) is 0 Å². The van der Waals surface area contributed by atoms with Gasteiger partial charge in [-0.15, -0.1) is 0 Å². The summed E-state index contributed by atoms with van der Waals surface area (Å²) in [6.45, 7) is 5.84. The summed E-state index contributed by atoms with van der Waals surface area (Å²) >= 11 is 3.48. The molecule has 1 aliphatic heterocycles. The maximum Gasteiger partial charge on any atom is 0.0642 e. The number of hydrogen-bond donors (Lipinski definition) is 0. The maximum absolute atomic E-state index is 5.33. The van der Waals surface area contributed by atoms with Gasteiger partial charge in [-0.3, -0.25) is 0 Å². The number of halogens is 1. The Balaban J connectivity index is 2.22. The Morgan fingerprint density at radius 1 is 1.29 bits per heavy atom. The molecule has 1 aliphatic rings. The third-order valence-electron chi connectivity index (χ3n) is 2.51. The second kappa shape index (κ2) is 4.32. The van der Waals surface area contributed by atoms with Gasteiger partial charge in [-0.2, -0.15) is 0 Å². The van der Waals surface area contributed by atoms with Gasteiger partial charge in [0.1, 0.15) is 0 Å². The van der Waals surface area contributed by atoms with E-state index in [4.69, 9.17) is 4.74 Å². The standard InChI is InChI=1S/C11H14BrNO/c1-9-8-10(12)2-3-11(9)13-4-6-14-7-5-13/h2-3,8H,4-7H2,1H3. The molecular weight excluding hydrogens is 242 g/mol. The van der Waals surface area contributed by atoms with Gasteiger partial charge >= 0.3 is 0 Å². The van der Waals surface area contributed by atoms with Crippen LogP contribution in [0, 0.1) is 6.92 Å². The van der Waals surface area contributed by atoms with Gasteiger partial charge in [0, 0.05) is 23.2 Å². The minimum Gasteiger partial charge on any atom is -0.378 e. The van der Waals surface area contributed by atoms with Crippen molar-refractivity contribution in [1.82, 2.24) is 0 Å². The summed E-state index contributed by atoms with van der Waals surface area (Å²) in [4.78, 5) is 2.38. The van der Waals surface area contributed by atoms with Crippen molar-refractivity contribution in [2.45, 2.75) is 6.92 Å². The Labute approximate surface area is 93.0 Å². The topological polar surface area (TPSA) is 12.5 Å². The van der Waals surface area contributed by atoms with Gasteiger partial charge in [-0.25, -0.2) is 0 Å². The number of hydrogen-bond acceptors (Lipinski definition) is 2. The molecule has 1 saturated heterocycles. The molecule has 0 saturated carbocycles. The number of anilines is 1. The lowest BCUT2D eigenvalue weighted by molar-refractivity contribution is 0.122. The van der Waals surface area contributed by atoms with Gasteiger partial charge in [-0.05, 0) is 30.7 Å². The highest BCUT2D eigenvalue weighted by Crippen LogP contribution is 2.24. The molecule has 0 N–H and O–H groups in total. The minimum absolute atomic E-state index is 0.843. The van der Waals surface area contributed by atoms with Crippen molar-refractivity contribution in [2.75, 3.05) is 31.2 Å². The van der Waals surface area contributed by atoms with E-state index in [1.165, 1.54) is 11.3 Å². The average molecular weight is 256 g/mol. The van der Waals surface area contributed by atoms with Crippen LogP contribution < -0.4 is 4.90 Å². The average Bonchev–Trinajstić information content (AvgIpc) is 2.19. The van der Waals surface area contributed by atoms with Crippen LogP contribution >= 0.6 is 15.9 Å². The largest absolute Gasteiger partial charge is 0.378 e. The van der Waals surface area contributed by atoms with Crippen LogP contribution in [0.2, 0.25) is 0 Å². The number of morpholine rings is 1. The van der Waals surface area contributed by atoms with Crippen LogP contribution in [0.4, 0.5) is 5.69 Å². The molecule has 2 nitrogen and oxygen atoms in total. The Morgan fingerprint density at radius 2 is 2.00 bits per heavy atom. The molecule has 0 atom stereocenters. The summed E-state index contributed by atoms with van der Waals surface area (Å²) in [6, 6.07) is 6.42. The van der Waals surface area contributed by atoms with Crippen molar-refractivity contribution < 1.29 is 4.74 Å². The van der Waals surface area contributed by atoms with Crippen LogP contribution in [0.1, 0.15) is 5.56 Å². The van der Waals surface area contributed by atoms with E-state index in [9.17, 15) is 0 Å². The van der Waals surface area contributed by atoms with E-state index in [0.717, 1.165) is 30.8 Å². The Kier molecular flexibility index (Phi) is 3.08. The maximum atomic E-state index is 5.33. The molecule has 3 heteroatoms. The fraction of sp³-hybridized carbons (Fsp3) is 0.455. The fourth-order valence-corrected chi connectivity index (χ4v) is 2.25. The predicted molar refractivity (Wildman–Crippen MR) is 61.9 cm³/mol. The molecule has 76 valence electrons. The van der Waals surface area contributed by atoms with Crippen molar-refractivity contribution in [2.24, 2.45) is 0 Å². The molecule has 2 rings (SSSR count). The number of benzene rings is 1. The molecular formula is C11H14BrNO. The van der Waals surface area contributed by atoms with Crippen molar-refractivity contribution >= 4 is 21.6 Å². The first-order chi connectivity index (χ1) is 6.77. The first-order valence-electron chi connectivity index (χ1n) is 4.86. The minimum atomic E-state index is 0.843. The monoisotopic (exact) mass is 255 g/mol. The third kappa shape index (κ3) is 2.10. The van der Waals surface area contributed by atoms with Crippen LogP contribution in [0.3, 0.4) is 0 Å². The van der Waals surface area contributed by atoms with Crippen LogP contribution in [0.15, 0.2) is 22.7 Å². The SMILES string of the molecule is Cc1cc(Br)ccc1N1CCOCC1. The quantitative estimate of drug-likeness (QED) is 0.765. The molecule has 0 amide bonds. The van der Waals surface area contributed by atoms with E-state index in [1.807, 2.05) is 0 Å². The Morgan fingerprint density at radius 3 is 2.64 bits per heavy atom. The highest BCUT2D eigenvalue weighted by molar-refractivity contribution is 9.10. The first kappa shape index (κ1) is 9.99. The molecule has 14 heavy (non-hydrogen) atoms. The van der Waals surface area contributed by atoms with Crippen LogP contribution in [0.25, 0.3) is 0 Å². The second-order valence-corrected chi connectivity index (χ2v) is 4.45. The molecule has 1 fully saturated rings. The summed E-state index contributed by atoms with van der Waals surface area (Å²) in [5, 5.41) is 0. The van der Waals surface area contributed by atoms with Gasteiger partial charge in [0.25, 0.3) is 0 Å². The summed E-state index contributed by atoms with van der Waals surface area (Å²) in [5.41, 5.74) is 2.65. The molecule has 0 radical (unpaired) electrons. The molecule has 1 aromatic carbocycles. The molecule has 0 aromatic heterocycles. The van der Waals surface area contributed by atoms with Gasteiger partial charge in [0.05, 0.1) is 13.2 Å². The van der Waals surface area contributed by atoms with E-state index in [-0.39, 0.29) is 0 Å². The number of aryl methyl sites for hydroxylation is 1. The predicted octanol–water partition coefficient (Wildman–Crippen LogP) is 2.59. The molecule has 0 bridgehead atoms. The number of nitrogens with zero attached hydrogens (tertiary/aromatic N) is 1. The summed E-state index contributed by atoms with van der Waals surface area (Å²) < 4.78 is 6.48. The van der Waals surface area contributed by atoms with E-state index in [2.05, 4.69) is 46.0 Å². The first-order valence-corrected chi connectivity index (χ1v) is 5.65. The van der Waals surface area contributed by atoms with Crippen molar-refractivity contribution in [3.8, 4) is 0 Å². The summed E-state index contributed by atoms with van der Waals surface area (Å²) in [7, 11) is 0. The highest BCUT2D eigenvalue weighted by atomic mass is 79.9. The van der Waals surface area contributed by atoms with Gasteiger partial charge in [-0.1, -0.05) is 15.9 Å². The summed E-state index contributed by atoms with van der Waals surface area (Å²) in [5.74, 6) is 0. The number of ether oxygens (including phenoxy) is 1. The van der Waals surface area contributed by atoms with Gasteiger partial charge in [0.2, 0.25) is 0 Å². The molecule has 0 spiro atoms. The molecule has 0 aliphatic carbocycles. The summed E-state index contributed by atoms with van der Waals surface area (Å²) in [6.07, 6.45) is 0. The van der Waals surface area contributed by atoms with E-state index >= 15 is 0 Å². The lowest BCUT2D eigenvalue weighted by Crippen LogP contribution is -2.36. The van der Waals surface area contributed by atoms with E-state index in [1.54, 1.807) is 0 Å². The Bertz CT molecular complexity index is 321. The van der Waals surface area contributed by atoms with Crippen molar-refractivity contribution in [3.05, 3.63) is 28.2 Å². The van der Waals surface area contributed by atoms with E-state index in [0.29, 0.717) is 0 Å². The lowest BCUT2D eigenvalue weighted by atomic mass is 10.2. The zero-order valence-electron chi connectivity index (χ0n) is 8.29. The Hall–Kier alpha value is -0.540. The van der Waals surface area contributed by atoms with E-state index < -0.39 is 0 Å². The fourth-order valence-electron chi connectivity index (χ4n) is 1.78. The molecule has 1 heterocycles. The van der Waals surface area contributed by atoms with Crippen molar-refractivity contribution in [1.29, 1.82) is 0 Å². The normalized spacial score (nSPS) is 17.1. The molecule has 1 aromatic rings. The highest BCUT2D eigenvalue weighted by Gasteiger charge is 2.12. The second-order valence-electron chi connectivity index (χ2n) is 3.53. The molecule has 0 unspecified atom stereocenters. The van der Waals surface area contributed by atoms with Crippen molar-refractivity contribution in [3.63, 3.8) is 0 Å². The van der Waals surface area contributed by atoms with Gasteiger partial charge in [0.15, 0.2) is 0 Å².